The molecule has 0 aromatic carbocycles. The number of hydrogen-bond acceptors (Lipinski definition) is 3. The molecule has 1 rings (SSSR count). The number of halogens is 1. The molecule has 1 aliphatic rings. The van der Waals surface area contributed by atoms with Crippen LogP contribution in [0, 0.1) is 0 Å². The zero-order chi connectivity index (χ0) is 7.98. The molecule has 0 saturated heterocycles. The lowest BCUT2D eigenvalue weighted by molar-refractivity contribution is -0.140. The Kier molecular flexibility index (Phi) is 9.47. The first-order valence-electron chi connectivity index (χ1n) is 3.53. The van der Waals surface area contributed by atoms with Crippen molar-refractivity contribution in [1.29, 1.82) is 0 Å². The molecule has 0 amide bonds. The van der Waals surface area contributed by atoms with E-state index in [2.05, 4.69) is 4.74 Å². The number of ether oxygens (including phenoxy) is 1. The van der Waals surface area contributed by atoms with Gasteiger partial charge in [-0.2, -0.15) is 0 Å². The minimum absolute atomic E-state index is 0. The summed E-state index contributed by atoms with van der Waals surface area (Å²) in [5.74, 6) is -0.157. The molecule has 0 unspecified atom stereocenters. The zero-order valence-corrected chi connectivity index (χ0v) is 7.82. The third-order valence-corrected chi connectivity index (χ3v) is 1.14. The molecule has 2 N–H and O–H groups in total. The van der Waals surface area contributed by atoms with E-state index in [0.717, 1.165) is 0 Å². The van der Waals surface area contributed by atoms with Gasteiger partial charge in [-0.15, -0.1) is 12.4 Å². The summed E-state index contributed by atoms with van der Waals surface area (Å²) in [6.45, 7) is 1.76. The van der Waals surface area contributed by atoms with Crippen LogP contribution in [0.1, 0.15) is 26.2 Å². The van der Waals surface area contributed by atoms with Gasteiger partial charge in [-0.1, -0.05) is 6.92 Å². The fourth-order valence-corrected chi connectivity index (χ4v) is 0.241. The Balaban J connectivity index is 0. The van der Waals surface area contributed by atoms with E-state index in [1.54, 1.807) is 6.92 Å². The molecule has 0 bridgehead atoms. The maximum absolute atomic E-state index is 9.96. The van der Waals surface area contributed by atoms with Crippen LogP contribution < -0.4 is 5.73 Å². The zero-order valence-electron chi connectivity index (χ0n) is 7.00. The Morgan fingerprint density at radius 3 is 2.00 bits per heavy atom. The van der Waals surface area contributed by atoms with Crippen LogP contribution in [0.2, 0.25) is 0 Å². The van der Waals surface area contributed by atoms with Crippen molar-refractivity contribution in [2.75, 3.05) is 7.11 Å². The second-order valence-corrected chi connectivity index (χ2v) is 2.27. The van der Waals surface area contributed by atoms with Crippen molar-refractivity contribution in [1.82, 2.24) is 0 Å². The summed E-state index contributed by atoms with van der Waals surface area (Å²) in [6.07, 6.45) is 3.00. The Morgan fingerprint density at radius 1 is 1.64 bits per heavy atom. The number of carbonyl (C=O) groups is 1. The van der Waals surface area contributed by atoms with Gasteiger partial charge in [0.25, 0.3) is 0 Å². The van der Waals surface area contributed by atoms with Gasteiger partial charge < -0.3 is 10.5 Å². The van der Waals surface area contributed by atoms with Gasteiger partial charge >= 0.3 is 5.97 Å². The van der Waals surface area contributed by atoms with Gasteiger partial charge in [-0.3, -0.25) is 4.79 Å². The van der Waals surface area contributed by atoms with Crippen molar-refractivity contribution in [3.8, 4) is 0 Å². The van der Waals surface area contributed by atoms with Crippen LogP contribution in [0.4, 0.5) is 0 Å². The largest absolute Gasteiger partial charge is 0.469 e. The van der Waals surface area contributed by atoms with Crippen LogP contribution in [0.5, 0.6) is 0 Å². The van der Waals surface area contributed by atoms with Crippen LogP contribution in [0.25, 0.3) is 0 Å². The first kappa shape index (κ1) is 13.3. The molecule has 68 valence electrons. The van der Waals surface area contributed by atoms with E-state index in [-0.39, 0.29) is 18.4 Å². The fourth-order valence-electron chi connectivity index (χ4n) is 0.241. The van der Waals surface area contributed by atoms with E-state index < -0.39 is 0 Å². The highest BCUT2D eigenvalue weighted by Gasteiger charge is 2.13. The molecule has 3 nitrogen and oxygen atoms in total. The van der Waals surface area contributed by atoms with Crippen molar-refractivity contribution in [3.05, 3.63) is 0 Å². The molecule has 0 aliphatic heterocycles. The topological polar surface area (TPSA) is 52.3 Å². The maximum Gasteiger partial charge on any atom is 0.305 e. The van der Waals surface area contributed by atoms with Crippen LogP contribution >= 0.6 is 12.4 Å². The van der Waals surface area contributed by atoms with Gasteiger partial charge in [0, 0.05) is 12.5 Å². The molecular formula is C7H16ClNO2. The monoisotopic (exact) mass is 181 g/mol. The van der Waals surface area contributed by atoms with E-state index in [4.69, 9.17) is 5.73 Å². The number of rotatable bonds is 1. The summed E-state index contributed by atoms with van der Waals surface area (Å²) >= 11 is 0. The fraction of sp³-hybridized carbons (Fsp3) is 0.857. The summed E-state index contributed by atoms with van der Waals surface area (Å²) in [5, 5.41) is 0. The van der Waals surface area contributed by atoms with E-state index in [1.165, 1.54) is 20.0 Å². The number of esters is 1. The molecule has 1 fully saturated rings. The average Bonchev–Trinajstić information content (AvgIpc) is 2.71. The van der Waals surface area contributed by atoms with Gasteiger partial charge in [-0.05, 0) is 12.8 Å². The maximum atomic E-state index is 9.96. The predicted molar refractivity (Wildman–Crippen MR) is 46.8 cm³/mol. The van der Waals surface area contributed by atoms with E-state index in [1.807, 2.05) is 0 Å². The average molecular weight is 182 g/mol. The quantitative estimate of drug-likeness (QED) is 0.617. The summed E-state index contributed by atoms with van der Waals surface area (Å²) < 4.78 is 4.26. The Bertz CT molecular complexity index is 98.6. The number of methoxy groups -OCH3 is 1. The van der Waals surface area contributed by atoms with Crippen LogP contribution in [-0.4, -0.2) is 19.1 Å². The molecular weight excluding hydrogens is 166 g/mol. The number of nitrogens with two attached hydrogens (primary N) is 1. The molecule has 0 aromatic rings. The minimum atomic E-state index is -0.157. The third-order valence-electron chi connectivity index (χ3n) is 1.14. The lowest BCUT2D eigenvalue weighted by atomic mass is 10.5. The second kappa shape index (κ2) is 7.82. The molecule has 0 atom stereocenters. The summed E-state index contributed by atoms with van der Waals surface area (Å²) in [6, 6.07) is 0.583. The van der Waals surface area contributed by atoms with Gasteiger partial charge in [0.2, 0.25) is 0 Å². The third kappa shape index (κ3) is 12.8. The van der Waals surface area contributed by atoms with Crippen molar-refractivity contribution in [3.63, 3.8) is 0 Å². The predicted octanol–water partition coefficient (Wildman–Crippen LogP) is 1.10. The molecule has 1 saturated carbocycles. The molecule has 4 heteroatoms. The van der Waals surface area contributed by atoms with Gasteiger partial charge in [0.1, 0.15) is 0 Å². The van der Waals surface area contributed by atoms with Crippen LogP contribution in [0.3, 0.4) is 0 Å². The molecule has 0 heterocycles. The smallest absolute Gasteiger partial charge is 0.305 e. The standard InChI is InChI=1S/C4H8O2.C3H7N.ClH/c1-3-4(5)6-2;4-3-1-2-3;/h3H2,1-2H3;3H,1-2,4H2;1H. The van der Waals surface area contributed by atoms with Gasteiger partial charge in [0.05, 0.1) is 7.11 Å². The van der Waals surface area contributed by atoms with Crippen molar-refractivity contribution in [2.45, 2.75) is 32.2 Å². The molecule has 0 aromatic heterocycles. The highest BCUT2D eigenvalue weighted by Crippen LogP contribution is 2.13. The molecule has 1 aliphatic carbocycles. The van der Waals surface area contributed by atoms with Crippen molar-refractivity contribution in [2.24, 2.45) is 5.73 Å². The van der Waals surface area contributed by atoms with Crippen molar-refractivity contribution < 1.29 is 9.53 Å². The lowest BCUT2D eigenvalue weighted by Crippen LogP contribution is -1.94. The van der Waals surface area contributed by atoms with Gasteiger partial charge in [0.15, 0.2) is 0 Å². The first-order chi connectivity index (χ1) is 4.70. The van der Waals surface area contributed by atoms with E-state index >= 15 is 0 Å². The summed E-state index contributed by atoms with van der Waals surface area (Å²) in [4.78, 5) is 9.96. The second-order valence-electron chi connectivity index (χ2n) is 2.27. The number of hydrogen-bond donors (Lipinski definition) is 1. The minimum Gasteiger partial charge on any atom is -0.469 e. The molecule has 11 heavy (non-hydrogen) atoms. The number of carbonyl (C=O) groups excluding carboxylic acids is 1. The van der Waals surface area contributed by atoms with E-state index in [0.29, 0.717) is 12.5 Å². The Labute approximate surface area is 73.7 Å². The normalized spacial score (nSPS) is 13.7. The SMILES string of the molecule is CCC(=O)OC.Cl.NC1CC1. The highest BCUT2D eigenvalue weighted by atomic mass is 35.5. The van der Waals surface area contributed by atoms with Crippen LogP contribution in [-0.2, 0) is 9.53 Å². The van der Waals surface area contributed by atoms with Crippen LogP contribution in [0.15, 0.2) is 0 Å². The molecule has 0 spiro atoms. The van der Waals surface area contributed by atoms with E-state index in [9.17, 15) is 4.79 Å². The summed E-state index contributed by atoms with van der Waals surface area (Å²) in [5.41, 5.74) is 5.22. The highest BCUT2D eigenvalue weighted by molar-refractivity contribution is 5.85. The lowest BCUT2D eigenvalue weighted by Gasteiger charge is -1.87. The van der Waals surface area contributed by atoms with Gasteiger partial charge in [-0.25, -0.2) is 0 Å². The Hall–Kier alpha value is -0.280. The first-order valence-corrected chi connectivity index (χ1v) is 3.53. The summed E-state index contributed by atoms with van der Waals surface area (Å²) in [7, 11) is 1.38. The Morgan fingerprint density at radius 2 is 2.00 bits per heavy atom. The van der Waals surface area contributed by atoms with Crippen molar-refractivity contribution >= 4 is 18.4 Å². The molecule has 0 radical (unpaired) electrons.